The number of aromatic nitrogens is 24. The van der Waals surface area contributed by atoms with E-state index in [1.807, 2.05) is 110 Å². The van der Waals surface area contributed by atoms with E-state index < -0.39 is 0 Å². The lowest BCUT2D eigenvalue weighted by Gasteiger charge is -2.15. The van der Waals surface area contributed by atoms with E-state index in [-0.39, 0.29) is 68.4 Å². The number of nitrogens with zero attached hydrogens (tertiary/aromatic N) is 31. The molecule has 652 valence electrons. The van der Waals surface area contributed by atoms with Crippen LogP contribution in [-0.2, 0) is 0 Å². The molecule has 0 aliphatic heterocycles. The summed E-state index contributed by atoms with van der Waals surface area (Å²) >= 11 is 0. The Balaban J connectivity index is 0. The van der Waals surface area contributed by atoms with E-state index in [9.17, 15) is 0 Å². The maximum absolute atomic E-state index is 5.66. The van der Waals surface area contributed by atoms with Crippen LogP contribution in [0.3, 0.4) is 0 Å². The van der Waals surface area contributed by atoms with Crippen LogP contribution in [0.25, 0.3) is 0 Å². The number of hydrogen-bond acceptors (Lipinski definition) is 53. The zero-order valence-corrected chi connectivity index (χ0v) is 70.2. The highest BCUT2D eigenvalue weighted by Crippen LogP contribution is 2.12. The summed E-state index contributed by atoms with van der Waals surface area (Å²) in [5.41, 5.74) is 48.2. The molecule has 0 atom stereocenters. The third-order valence-electron chi connectivity index (χ3n) is 12.9. The van der Waals surface area contributed by atoms with Gasteiger partial charge in [0, 0.05) is 127 Å². The second-order valence-electron chi connectivity index (χ2n) is 25.2. The second-order valence-corrected chi connectivity index (χ2v) is 25.2. The Labute approximate surface area is 682 Å². The Morgan fingerprint density at radius 1 is 0.190 bits per heavy atom. The number of hydrogen-bond donors (Lipinski definition) is 22. The molecule has 53 nitrogen and oxygen atoms in total. The molecule has 0 aromatic carbocycles. The van der Waals surface area contributed by atoms with Gasteiger partial charge in [-0.15, -0.1) is 0 Å². The Hall–Kier alpha value is -12.6. The van der Waals surface area contributed by atoms with Crippen LogP contribution in [0.5, 0.6) is 0 Å². The molecule has 8 rings (SSSR count). The lowest BCUT2D eigenvalue weighted by molar-refractivity contribution is 0.405. The van der Waals surface area contributed by atoms with Gasteiger partial charge in [-0.05, 0) is 125 Å². The predicted molar refractivity (Wildman–Crippen MR) is 472 cm³/mol. The average Bonchev–Trinajstić information content (AvgIpc) is 0.869. The number of nitrogen functional groups attached to an aromatic ring is 9. The van der Waals surface area contributed by atoms with Crippen molar-refractivity contribution in [1.29, 1.82) is 0 Å². The second kappa shape index (κ2) is 60.1. The highest BCUT2D eigenvalue weighted by atomic mass is 15.3. The number of aryl methyl sites for hydroxylation is 2. The van der Waals surface area contributed by atoms with E-state index in [0.29, 0.717) is 89.0 Å². The summed E-state index contributed by atoms with van der Waals surface area (Å²) in [4.78, 5) is 109. The zero-order chi connectivity index (χ0) is 85.7. The van der Waals surface area contributed by atoms with Gasteiger partial charge in [-0.3, -0.25) is 0 Å². The van der Waals surface area contributed by atoms with E-state index in [1.54, 1.807) is 49.2 Å². The minimum Gasteiger partial charge on any atom is -0.368 e. The van der Waals surface area contributed by atoms with Crippen LogP contribution in [0.15, 0.2) is 0 Å². The van der Waals surface area contributed by atoms with Crippen molar-refractivity contribution >= 4 is 131 Å². The SMILES string of the molecule is C.C.CN(C)CCCNc1nc(N)nc(N)n1.CN(C)CCNc1nc(N)nc(N)n1.CN(C)CCNc1nc(N)nc(NCCN(C)C)n1.CN(C)CCNc1nc(NCCN(C)C)nc(NCCN(C)C)n1.CNc1nc(C)nc(NC)n1.CNc1nc(N)nc(N)n1.CNc1nc(NC)nc(NC)n1.Cc1nc(N)nc(N)n1. The van der Waals surface area contributed by atoms with Crippen molar-refractivity contribution in [3.63, 3.8) is 0 Å². The lowest BCUT2D eigenvalue weighted by Crippen LogP contribution is -2.24. The molecule has 0 bridgehead atoms. The van der Waals surface area contributed by atoms with E-state index in [4.69, 9.17) is 51.6 Å². The molecule has 0 saturated carbocycles. The third kappa shape index (κ3) is 53.4. The molecule has 116 heavy (non-hydrogen) atoms. The van der Waals surface area contributed by atoms with Gasteiger partial charge in [0.1, 0.15) is 11.6 Å². The van der Waals surface area contributed by atoms with Gasteiger partial charge in [-0.2, -0.15) is 120 Å². The molecule has 0 radical (unpaired) electrons. The molecule has 0 aliphatic rings. The molecule has 53 heteroatoms. The first kappa shape index (κ1) is 105. The molecule has 8 aromatic rings. The molecule has 0 saturated heterocycles. The summed E-state index contributed by atoms with van der Waals surface area (Å²) in [5, 5.41) is 38.9. The topological polar surface area (TPSA) is 723 Å². The van der Waals surface area contributed by atoms with Crippen LogP contribution in [0, 0.1) is 13.8 Å². The van der Waals surface area contributed by atoms with Crippen LogP contribution >= 0.6 is 0 Å². The summed E-state index contributed by atoms with van der Waals surface area (Å²) < 4.78 is 0. The minimum atomic E-state index is 0. The average molecular weight is 1640 g/mol. The van der Waals surface area contributed by atoms with Crippen molar-refractivity contribution in [2.24, 2.45) is 0 Å². The van der Waals surface area contributed by atoms with E-state index >= 15 is 0 Å². The number of anilines is 22. The van der Waals surface area contributed by atoms with Crippen molar-refractivity contribution in [3.8, 4) is 0 Å². The fraction of sp³-hybridized carbons (Fsp3) is 0.619. The van der Waals surface area contributed by atoms with Gasteiger partial charge in [0.15, 0.2) is 0 Å². The highest BCUT2D eigenvalue weighted by molar-refractivity contribution is 5.45. The van der Waals surface area contributed by atoms with Crippen molar-refractivity contribution in [3.05, 3.63) is 11.6 Å². The van der Waals surface area contributed by atoms with Crippen LogP contribution in [0.1, 0.15) is 32.9 Å². The first-order chi connectivity index (χ1) is 53.9. The van der Waals surface area contributed by atoms with Gasteiger partial charge in [-0.1, -0.05) is 14.9 Å². The van der Waals surface area contributed by atoms with Crippen LogP contribution in [0.2, 0.25) is 0 Å². The Morgan fingerprint density at radius 2 is 0.336 bits per heavy atom. The summed E-state index contributed by atoms with van der Waals surface area (Å²) in [6, 6.07) is 0. The van der Waals surface area contributed by atoms with E-state index in [0.717, 1.165) is 98.0 Å². The number of likely N-dealkylation sites (N-methyl/N-ethyl adjacent to an activating group) is 6. The number of nitrogens with two attached hydrogens (primary N) is 9. The van der Waals surface area contributed by atoms with Crippen LogP contribution in [0.4, 0.5) is 131 Å². The van der Waals surface area contributed by atoms with Gasteiger partial charge in [0.25, 0.3) is 0 Å². The van der Waals surface area contributed by atoms with Gasteiger partial charge in [-0.25, -0.2) is 0 Å². The van der Waals surface area contributed by atoms with Gasteiger partial charge in [0.2, 0.25) is 131 Å². The maximum Gasteiger partial charge on any atom is 0.229 e. The van der Waals surface area contributed by atoms with Gasteiger partial charge >= 0.3 is 0 Å². The molecule has 8 aromatic heterocycles. The summed E-state index contributed by atoms with van der Waals surface area (Å²) in [6.07, 6.45) is 0.999. The first-order valence-corrected chi connectivity index (χ1v) is 35.5. The molecule has 0 amide bonds. The van der Waals surface area contributed by atoms with Crippen molar-refractivity contribution in [2.45, 2.75) is 35.1 Å². The van der Waals surface area contributed by atoms with Gasteiger partial charge < -0.3 is 155 Å². The quantitative estimate of drug-likeness (QED) is 0.0183. The van der Waals surface area contributed by atoms with E-state index in [2.05, 4.69) is 218 Å². The molecular weight excluding hydrogens is 1500 g/mol. The summed E-state index contributed by atoms with van der Waals surface area (Å²) in [6.45, 7) is 15.3. The van der Waals surface area contributed by atoms with E-state index in [1.165, 1.54) is 0 Å². The molecule has 0 spiro atoms. The molecule has 0 aliphatic carbocycles. The molecule has 8 heterocycles. The van der Waals surface area contributed by atoms with Crippen LogP contribution in [-0.4, -0.2) is 386 Å². The van der Waals surface area contributed by atoms with Crippen LogP contribution < -0.4 is 121 Å². The standard InChI is InChI=1S/C15H33N9.C11H24N8.C8H17N7.C7H15N7.C6H12N6.C6H11N5.C4H8N6.C4H7N5.2CH4/c1-22(2)10-7-16-13-19-14(17-8-11-23(3)4)21-15(20-13)18-9-12-24(5)6;1-18(2)7-5-13-10-15-9(12)16-11(17-10)14-6-8-19(3)4;1-15(2)5-3-4-11-8-13-6(9)12-7(10)14-8;1-14(2)4-3-10-7-12-5(8)11-6(9)13-7;1-7-4-10-5(8-2)12-6(9-3)11-4;1-4-9-5(7-2)11-6(8-3)10-4;1-7-4-9-2(5)8-3(6)10-4;1-2-7-3(5)9-4(6)8-2;;/h7-12H2,1-6H3,(H3,16,17,18,19,20,21);5-8H2,1-4H3,(H4,12,13,14,15,16,17);3-5H2,1-2H3,(H5,9,10,11,12,13,14);3-4H2,1-2H3,(H5,8,9,10,11,12,13);1-3H3,(H3,7,8,9,10,11,12);1-3H3,(H2,7,8,9,10,11);1H3,(H5,5,6,7,8,9,10);1H3,(H4,5,6,7,8,9);2*1H4. The predicted octanol–water partition coefficient (Wildman–Crippen LogP) is -2.44. The number of rotatable bonds is 35. The van der Waals surface area contributed by atoms with Crippen molar-refractivity contribution in [1.82, 2.24) is 154 Å². The molecular formula is C63H135N53. The Morgan fingerprint density at radius 3 is 0.543 bits per heavy atom. The third-order valence-corrected chi connectivity index (χ3v) is 12.9. The fourth-order valence-corrected chi connectivity index (χ4v) is 7.55. The fourth-order valence-electron chi connectivity index (χ4n) is 7.55. The van der Waals surface area contributed by atoms with Gasteiger partial charge in [0.05, 0.1) is 0 Å². The number of nitrogens with one attached hydrogen (secondary N) is 13. The first-order valence-electron chi connectivity index (χ1n) is 35.5. The Kier molecular flexibility index (Phi) is 54.6. The monoisotopic (exact) mass is 1630 g/mol. The Bertz CT molecular complexity index is 3580. The summed E-state index contributed by atoms with van der Waals surface area (Å²) in [5.74, 6) is 9.36. The zero-order valence-electron chi connectivity index (χ0n) is 70.2. The molecule has 0 fully saturated rings. The molecule has 31 N–H and O–H groups in total. The van der Waals surface area contributed by atoms with Crippen molar-refractivity contribution < 1.29 is 0 Å². The highest BCUT2D eigenvalue weighted by Gasteiger charge is 2.10. The minimum absolute atomic E-state index is 0. The lowest BCUT2D eigenvalue weighted by atomic mass is 10.4. The normalized spacial score (nSPS) is 10.2. The molecule has 0 unspecified atom stereocenters. The largest absolute Gasteiger partial charge is 0.368 e. The smallest absolute Gasteiger partial charge is 0.229 e. The maximum atomic E-state index is 5.66. The summed E-state index contributed by atoms with van der Waals surface area (Å²) in [7, 11) is 38.8. The van der Waals surface area contributed by atoms with Crippen molar-refractivity contribution in [2.75, 3.05) is 353 Å².